The Hall–Kier alpha value is -1.06. The Kier molecular flexibility index (Phi) is 5.29. The van der Waals surface area contributed by atoms with Crippen molar-refractivity contribution in [2.75, 3.05) is 6.61 Å². The maximum atomic E-state index is 5.59. The van der Waals surface area contributed by atoms with E-state index in [1.807, 2.05) is 6.07 Å². The molecule has 90 valence electrons. The van der Waals surface area contributed by atoms with Crippen LogP contribution in [0, 0.1) is 0 Å². The summed E-state index contributed by atoms with van der Waals surface area (Å²) in [6, 6.07) is 9.13. The molecule has 1 aliphatic carbocycles. The molecule has 3 nitrogen and oxygen atoms in total. The zero-order chi connectivity index (χ0) is 10.5. The quantitative estimate of drug-likeness (QED) is 0.778. The van der Waals surface area contributed by atoms with E-state index in [4.69, 9.17) is 4.74 Å². The van der Waals surface area contributed by atoms with E-state index in [-0.39, 0.29) is 6.15 Å². The van der Waals surface area contributed by atoms with Crippen molar-refractivity contribution in [1.82, 2.24) is 11.5 Å². The summed E-state index contributed by atoms with van der Waals surface area (Å²) in [5, 5.41) is 3.50. The predicted molar refractivity (Wildman–Crippen MR) is 67.1 cm³/mol. The maximum Gasteiger partial charge on any atom is 0.119 e. The Labute approximate surface area is 97.8 Å². The minimum Gasteiger partial charge on any atom is -0.494 e. The summed E-state index contributed by atoms with van der Waals surface area (Å²) in [5.41, 5.74) is 1.32. The van der Waals surface area contributed by atoms with E-state index in [9.17, 15) is 0 Å². The lowest BCUT2D eigenvalue weighted by Gasteiger charge is -2.07. The van der Waals surface area contributed by atoms with Gasteiger partial charge in [0.15, 0.2) is 0 Å². The van der Waals surface area contributed by atoms with Crippen molar-refractivity contribution in [3.63, 3.8) is 0 Å². The second-order valence-electron chi connectivity index (χ2n) is 4.15. The molecule has 0 unspecified atom stereocenters. The number of ether oxygens (including phenoxy) is 1. The molecule has 0 atom stereocenters. The average Bonchev–Trinajstić information content (AvgIpc) is 3.08. The fourth-order valence-corrected chi connectivity index (χ4v) is 1.51. The first-order chi connectivity index (χ1) is 7.38. The fourth-order valence-electron chi connectivity index (χ4n) is 1.51. The van der Waals surface area contributed by atoms with Gasteiger partial charge in [0, 0.05) is 12.6 Å². The highest BCUT2D eigenvalue weighted by Crippen LogP contribution is 2.20. The molecule has 2 rings (SSSR count). The lowest BCUT2D eigenvalue weighted by Crippen LogP contribution is -2.15. The van der Waals surface area contributed by atoms with Crippen LogP contribution in [0.2, 0.25) is 0 Å². The van der Waals surface area contributed by atoms with Crippen LogP contribution < -0.4 is 16.2 Å². The molecule has 4 N–H and O–H groups in total. The maximum absolute atomic E-state index is 5.59. The highest BCUT2D eigenvalue weighted by molar-refractivity contribution is 5.28. The largest absolute Gasteiger partial charge is 0.494 e. The topological polar surface area (TPSA) is 56.3 Å². The Morgan fingerprint density at radius 1 is 1.38 bits per heavy atom. The van der Waals surface area contributed by atoms with Gasteiger partial charge < -0.3 is 16.2 Å². The molecule has 0 spiro atoms. The number of hydrogen-bond donors (Lipinski definition) is 2. The third-order valence-corrected chi connectivity index (χ3v) is 2.54. The van der Waals surface area contributed by atoms with Crippen molar-refractivity contribution in [3.8, 4) is 5.75 Å². The molecule has 0 aromatic heterocycles. The van der Waals surface area contributed by atoms with Crippen molar-refractivity contribution in [1.29, 1.82) is 0 Å². The number of hydrogen-bond acceptors (Lipinski definition) is 3. The molecule has 16 heavy (non-hydrogen) atoms. The van der Waals surface area contributed by atoms with Crippen LogP contribution in [-0.2, 0) is 6.54 Å². The van der Waals surface area contributed by atoms with E-state index >= 15 is 0 Å². The van der Waals surface area contributed by atoms with Gasteiger partial charge in [0.25, 0.3) is 0 Å². The molecular formula is C13H22N2O. The zero-order valence-electron chi connectivity index (χ0n) is 10.0. The molecule has 0 radical (unpaired) electrons. The van der Waals surface area contributed by atoms with Crippen LogP contribution in [0.15, 0.2) is 24.3 Å². The monoisotopic (exact) mass is 222 g/mol. The summed E-state index contributed by atoms with van der Waals surface area (Å²) >= 11 is 0. The van der Waals surface area contributed by atoms with Crippen LogP contribution in [-0.4, -0.2) is 12.6 Å². The van der Waals surface area contributed by atoms with Crippen LogP contribution in [0.3, 0.4) is 0 Å². The third-order valence-electron chi connectivity index (χ3n) is 2.54. The van der Waals surface area contributed by atoms with Gasteiger partial charge in [0.05, 0.1) is 6.61 Å². The lowest BCUT2D eigenvalue weighted by molar-refractivity contribution is 0.317. The molecule has 1 aliphatic rings. The van der Waals surface area contributed by atoms with E-state index in [1.165, 1.54) is 18.4 Å². The number of rotatable bonds is 6. The summed E-state index contributed by atoms with van der Waals surface area (Å²) in [4.78, 5) is 0. The van der Waals surface area contributed by atoms with Crippen LogP contribution in [0.5, 0.6) is 5.75 Å². The number of nitrogens with one attached hydrogen (secondary N) is 1. The summed E-state index contributed by atoms with van der Waals surface area (Å²) < 4.78 is 5.59. The fraction of sp³-hybridized carbons (Fsp3) is 0.538. The standard InChI is InChI=1S/C13H19NO.H3N/c1-2-8-15-13-5-3-4-11(9-13)10-14-12-6-7-12;/h3-5,9,12,14H,2,6-8,10H2,1H3;1H3. The summed E-state index contributed by atoms with van der Waals surface area (Å²) in [7, 11) is 0. The minimum absolute atomic E-state index is 0. The van der Waals surface area contributed by atoms with E-state index in [2.05, 4.69) is 30.4 Å². The lowest BCUT2D eigenvalue weighted by atomic mass is 10.2. The first-order valence-corrected chi connectivity index (χ1v) is 5.83. The van der Waals surface area contributed by atoms with Gasteiger partial charge >= 0.3 is 0 Å². The highest BCUT2D eigenvalue weighted by Gasteiger charge is 2.19. The summed E-state index contributed by atoms with van der Waals surface area (Å²) in [6.45, 7) is 3.89. The van der Waals surface area contributed by atoms with Gasteiger partial charge in [-0.15, -0.1) is 0 Å². The van der Waals surface area contributed by atoms with Gasteiger partial charge in [0.1, 0.15) is 5.75 Å². The van der Waals surface area contributed by atoms with E-state index < -0.39 is 0 Å². The van der Waals surface area contributed by atoms with E-state index in [1.54, 1.807) is 0 Å². The molecule has 1 aromatic carbocycles. The second-order valence-corrected chi connectivity index (χ2v) is 4.15. The Morgan fingerprint density at radius 3 is 2.88 bits per heavy atom. The zero-order valence-corrected chi connectivity index (χ0v) is 10.0. The molecule has 0 aliphatic heterocycles. The van der Waals surface area contributed by atoms with Crippen molar-refractivity contribution in [2.45, 2.75) is 38.8 Å². The Balaban J connectivity index is 0.00000128. The molecule has 1 fully saturated rings. The smallest absolute Gasteiger partial charge is 0.119 e. The van der Waals surface area contributed by atoms with Crippen LogP contribution in [0.1, 0.15) is 31.7 Å². The molecule has 0 saturated heterocycles. The first kappa shape index (κ1) is 13.0. The Morgan fingerprint density at radius 2 is 2.19 bits per heavy atom. The van der Waals surface area contributed by atoms with E-state index in [0.29, 0.717) is 0 Å². The van der Waals surface area contributed by atoms with Crippen molar-refractivity contribution in [3.05, 3.63) is 29.8 Å². The molecule has 0 bridgehead atoms. The SMILES string of the molecule is CCCOc1cccc(CNC2CC2)c1.N. The van der Waals surface area contributed by atoms with Crippen molar-refractivity contribution < 1.29 is 4.74 Å². The molecule has 3 heteroatoms. The van der Waals surface area contributed by atoms with Crippen LogP contribution >= 0.6 is 0 Å². The van der Waals surface area contributed by atoms with Gasteiger partial charge in [-0.05, 0) is 37.0 Å². The molecular weight excluding hydrogens is 200 g/mol. The number of benzene rings is 1. The first-order valence-electron chi connectivity index (χ1n) is 5.83. The second kappa shape index (κ2) is 6.51. The normalized spacial score (nSPS) is 14.3. The third kappa shape index (κ3) is 4.21. The molecule has 1 aromatic rings. The summed E-state index contributed by atoms with van der Waals surface area (Å²) in [5.74, 6) is 0.993. The highest BCUT2D eigenvalue weighted by atomic mass is 16.5. The Bertz CT molecular complexity index is 311. The summed E-state index contributed by atoms with van der Waals surface area (Å²) in [6.07, 6.45) is 3.74. The van der Waals surface area contributed by atoms with Gasteiger partial charge in [-0.25, -0.2) is 0 Å². The predicted octanol–water partition coefficient (Wildman–Crippen LogP) is 2.89. The van der Waals surface area contributed by atoms with Crippen molar-refractivity contribution >= 4 is 0 Å². The van der Waals surface area contributed by atoms with Gasteiger partial charge in [-0.1, -0.05) is 19.1 Å². The minimum atomic E-state index is 0. The average molecular weight is 222 g/mol. The molecule has 0 amide bonds. The molecule has 1 saturated carbocycles. The van der Waals surface area contributed by atoms with E-state index in [0.717, 1.165) is 31.4 Å². The van der Waals surface area contributed by atoms with Crippen molar-refractivity contribution in [2.24, 2.45) is 0 Å². The van der Waals surface area contributed by atoms with Crippen LogP contribution in [0.25, 0.3) is 0 Å². The van der Waals surface area contributed by atoms with Gasteiger partial charge in [0.2, 0.25) is 0 Å². The van der Waals surface area contributed by atoms with Crippen LogP contribution in [0.4, 0.5) is 0 Å². The van der Waals surface area contributed by atoms with Gasteiger partial charge in [-0.3, -0.25) is 0 Å². The molecule has 0 heterocycles. The van der Waals surface area contributed by atoms with Gasteiger partial charge in [-0.2, -0.15) is 0 Å².